The molecule has 0 aromatic rings. The van der Waals surface area contributed by atoms with Gasteiger partial charge in [0.25, 0.3) is 0 Å². The van der Waals surface area contributed by atoms with Crippen molar-refractivity contribution in [2.75, 3.05) is 6.54 Å². The monoisotopic (exact) mass is 185 g/mol. The lowest BCUT2D eigenvalue weighted by Crippen LogP contribution is -2.33. The topological polar surface area (TPSA) is 32.3 Å². The first-order chi connectivity index (χ1) is 6.22. The molecule has 1 saturated carbocycles. The van der Waals surface area contributed by atoms with Crippen LogP contribution < -0.4 is 5.32 Å². The smallest absolute Gasteiger partial charge is 0.0543 e. The van der Waals surface area contributed by atoms with Gasteiger partial charge in [0.2, 0.25) is 0 Å². The van der Waals surface area contributed by atoms with Crippen LogP contribution in [0.25, 0.3) is 0 Å². The van der Waals surface area contributed by atoms with Gasteiger partial charge in [-0.3, -0.25) is 0 Å². The van der Waals surface area contributed by atoms with Gasteiger partial charge in [-0.05, 0) is 45.1 Å². The average Bonchev–Trinajstić information content (AvgIpc) is 2.14. The summed E-state index contributed by atoms with van der Waals surface area (Å²) in [7, 11) is 0. The highest BCUT2D eigenvalue weighted by atomic mass is 16.3. The van der Waals surface area contributed by atoms with Crippen molar-refractivity contribution in [2.45, 2.75) is 58.1 Å². The maximum absolute atomic E-state index is 9.47. The van der Waals surface area contributed by atoms with Gasteiger partial charge in [-0.25, -0.2) is 0 Å². The van der Waals surface area contributed by atoms with Gasteiger partial charge in [-0.1, -0.05) is 13.3 Å². The molecule has 3 atom stereocenters. The Morgan fingerprint density at radius 1 is 1.46 bits per heavy atom. The number of aliphatic hydroxyl groups excluding tert-OH is 1. The number of hydrogen-bond donors (Lipinski definition) is 2. The van der Waals surface area contributed by atoms with E-state index in [1.165, 1.54) is 19.3 Å². The summed E-state index contributed by atoms with van der Waals surface area (Å²) < 4.78 is 0. The predicted molar refractivity (Wildman–Crippen MR) is 55.7 cm³/mol. The quantitative estimate of drug-likeness (QED) is 0.701. The van der Waals surface area contributed by atoms with Crippen LogP contribution in [-0.4, -0.2) is 23.8 Å². The van der Waals surface area contributed by atoms with E-state index in [1.807, 2.05) is 0 Å². The molecule has 13 heavy (non-hydrogen) atoms. The van der Waals surface area contributed by atoms with Crippen molar-refractivity contribution in [3.8, 4) is 0 Å². The Balaban J connectivity index is 2.13. The SMILES string of the molecule is CCC(C)NCC1CCCC(O)C1. The number of aliphatic hydroxyl groups is 1. The van der Waals surface area contributed by atoms with Gasteiger partial charge in [0.15, 0.2) is 0 Å². The molecular weight excluding hydrogens is 162 g/mol. The molecule has 0 spiro atoms. The van der Waals surface area contributed by atoms with Crippen LogP contribution in [0.2, 0.25) is 0 Å². The Morgan fingerprint density at radius 2 is 2.23 bits per heavy atom. The lowest BCUT2D eigenvalue weighted by atomic mass is 9.87. The summed E-state index contributed by atoms with van der Waals surface area (Å²) in [6.45, 7) is 5.51. The summed E-state index contributed by atoms with van der Waals surface area (Å²) in [5.41, 5.74) is 0. The lowest BCUT2D eigenvalue weighted by molar-refractivity contribution is 0.0997. The molecule has 0 aliphatic heterocycles. The summed E-state index contributed by atoms with van der Waals surface area (Å²) in [5, 5.41) is 13.0. The molecule has 0 heterocycles. The van der Waals surface area contributed by atoms with Crippen LogP contribution in [-0.2, 0) is 0 Å². The first kappa shape index (κ1) is 11.0. The molecule has 0 saturated heterocycles. The second-order valence-electron chi connectivity index (χ2n) is 4.40. The predicted octanol–water partition coefficient (Wildman–Crippen LogP) is 1.93. The number of rotatable bonds is 4. The first-order valence-electron chi connectivity index (χ1n) is 5.63. The fourth-order valence-electron chi connectivity index (χ4n) is 1.96. The normalized spacial score (nSPS) is 31.6. The molecule has 0 aromatic heterocycles. The largest absolute Gasteiger partial charge is 0.393 e. The van der Waals surface area contributed by atoms with Gasteiger partial charge >= 0.3 is 0 Å². The summed E-state index contributed by atoms with van der Waals surface area (Å²) in [6, 6.07) is 0.624. The lowest BCUT2D eigenvalue weighted by Gasteiger charge is -2.27. The van der Waals surface area contributed by atoms with Gasteiger partial charge in [-0.2, -0.15) is 0 Å². The average molecular weight is 185 g/mol. The van der Waals surface area contributed by atoms with Crippen molar-refractivity contribution in [2.24, 2.45) is 5.92 Å². The van der Waals surface area contributed by atoms with Crippen molar-refractivity contribution in [1.82, 2.24) is 5.32 Å². The Kier molecular flexibility index (Phi) is 4.74. The Labute approximate surface area is 81.7 Å². The highest BCUT2D eigenvalue weighted by Crippen LogP contribution is 2.23. The van der Waals surface area contributed by atoms with E-state index in [-0.39, 0.29) is 6.10 Å². The molecule has 3 unspecified atom stereocenters. The van der Waals surface area contributed by atoms with E-state index in [2.05, 4.69) is 19.2 Å². The molecule has 1 rings (SSSR count). The minimum atomic E-state index is -0.0301. The van der Waals surface area contributed by atoms with E-state index in [1.54, 1.807) is 0 Å². The van der Waals surface area contributed by atoms with Crippen molar-refractivity contribution in [3.63, 3.8) is 0 Å². The van der Waals surface area contributed by atoms with Crippen LogP contribution in [0.4, 0.5) is 0 Å². The van der Waals surface area contributed by atoms with Crippen molar-refractivity contribution in [1.29, 1.82) is 0 Å². The van der Waals surface area contributed by atoms with Crippen molar-refractivity contribution in [3.05, 3.63) is 0 Å². The molecule has 0 radical (unpaired) electrons. The Morgan fingerprint density at radius 3 is 2.85 bits per heavy atom. The highest BCUT2D eigenvalue weighted by Gasteiger charge is 2.19. The van der Waals surface area contributed by atoms with E-state index in [0.717, 1.165) is 19.4 Å². The fourth-order valence-corrected chi connectivity index (χ4v) is 1.96. The molecule has 0 bridgehead atoms. The summed E-state index contributed by atoms with van der Waals surface area (Å²) in [5.74, 6) is 0.706. The zero-order chi connectivity index (χ0) is 9.68. The highest BCUT2D eigenvalue weighted by molar-refractivity contribution is 4.74. The van der Waals surface area contributed by atoms with Gasteiger partial charge in [0.05, 0.1) is 6.10 Å². The Bertz CT molecular complexity index is 138. The molecule has 2 heteroatoms. The molecule has 2 nitrogen and oxygen atoms in total. The van der Waals surface area contributed by atoms with Crippen molar-refractivity contribution >= 4 is 0 Å². The van der Waals surface area contributed by atoms with E-state index >= 15 is 0 Å². The van der Waals surface area contributed by atoms with Crippen LogP contribution in [0.5, 0.6) is 0 Å². The fraction of sp³-hybridized carbons (Fsp3) is 1.00. The van der Waals surface area contributed by atoms with E-state index in [9.17, 15) is 5.11 Å². The summed E-state index contributed by atoms with van der Waals surface area (Å²) in [6.07, 6.45) is 5.67. The third kappa shape index (κ3) is 4.10. The van der Waals surface area contributed by atoms with Crippen LogP contribution in [0, 0.1) is 5.92 Å². The minimum absolute atomic E-state index is 0.0301. The van der Waals surface area contributed by atoms with E-state index in [4.69, 9.17) is 0 Å². The molecule has 2 N–H and O–H groups in total. The van der Waals surface area contributed by atoms with E-state index < -0.39 is 0 Å². The van der Waals surface area contributed by atoms with E-state index in [0.29, 0.717) is 12.0 Å². The van der Waals surface area contributed by atoms with Gasteiger partial charge in [0, 0.05) is 6.04 Å². The third-order valence-corrected chi connectivity index (χ3v) is 3.12. The number of nitrogens with one attached hydrogen (secondary N) is 1. The van der Waals surface area contributed by atoms with Gasteiger partial charge in [-0.15, -0.1) is 0 Å². The first-order valence-corrected chi connectivity index (χ1v) is 5.63. The van der Waals surface area contributed by atoms with Gasteiger partial charge in [0.1, 0.15) is 0 Å². The molecule has 1 fully saturated rings. The van der Waals surface area contributed by atoms with Crippen molar-refractivity contribution < 1.29 is 5.11 Å². The zero-order valence-electron chi connectivity index (χ0n) is 8.92. The molecule has 0 aromatic carbocycles. The molecule has 1 aliphatic carbocycles. The molecular formula is C11H23NO. The van der Waals surface area contributed by atoms with Gasteiger partial charge < -0.3 is 10.4 Å². The second kappa shape index (κ2) is 5.61. The van der Waals surface area contributed by atoms with Crippen LogP contribution in [0.1, 0.15) is 46.0 Å². The maximum Gasteiger partial charge on any atom is 0.0543 e. The van der Waals surface area contributed by atoms with Crippen LogP contribution >= 0.6 is 0 Å². The van der Waals surface area contributed by atoms with Crippen LogP contribution in [0.15, 0.2) is 0 Å². The minimum Gasteiger partial charge on any atom is -0.393 e. The number of hydrogen-bond acceptors (Lipinski definition) is 2. The van der Waals surface area contributed by atoms with Crippen LogP contribution in [0.3, 0.4) is 0 Å². The Hall–Kier alpha value is -0.0800. The standard InChI is InChI=1S/C11H23NO/c1-3-9(2)12-8-10-5-4-6-11(13)7-10/h9-13H,3-8H2,1-2H3. The third-order valence-electron chi connectivity index (χ3n) is 3.12. The molecule has 78 valence electrons. The molecule has 1 aliphatic rings. The summed E-state index contributed by atoms with van der Waals surface area (Å²) >= 11 is 0. The second-order valence-corrected chi connectivity index (χ2v) is 4.40. The maximum atomic E-state index is 9.47. The summed E-state index contributed by atoms with van der Waals surface area (Å²) in [4.78, 5) is 0. The molecule has 0 amide bonds. The zero-order valence-corrected chi connectivity index (χ0v) is 8.92.